The van der Waals surface area contributed by atoms with E-state index in [1.807, 2.05) is 18.2 Å². The summed E-state index contributed by atoms with van der Waals surface area (Å²) in [4.78, 5) is 0. The van der Waals surface area contributed by atoms with Gasteiger partial charge in [0.2, 0.25) is 0 Å². The molecule has 1 heterocycles. The molecule has 0 aromatic heterocycles. The Kier molecular flexibility index (Phi) is 3.86. The van der Waals surface area contributed by atoms with Crippen LogP contribution in [0.15, 0.2) is 53.0 Å². The molecular formula is C19H17BrClNO. The van der Waals surface area contributed by atoms with Gasteiger partial charge in [-0.05, 0) is 36.1 Å². The number of methoxy groups -OCH3 is 1. The van der Waals surface area contributed by atoms with Crippen LogP contribution in [-0.2, 0) is 0 Å². The molecule has 2 aliphatic rings. The second-order valence-electron chi connectivity index (χ2n) is 6.04. The third-order valence-corrected chi connectivity index (χ3v) is 5.94. The molecule has 2 aromatic rings. The van der Waals surface area contributed by atoms with Gasteiger partial charge in [-0.3, -0.25) is 0 Å². The van der Waals surface area contributed by atoms with Crippen LogP contribution < -0.4 is 10.1 Å². The van der Waals surface area contributed by atoms with Gasteiger partial charge in [-0.25, -0.2) is 0 Å². The van der Waals surface area contributed by atoms with Crippen LogP contribution in [0.5, 0.6) is 5.75 Å². The summed E-state index contributed by atoms with van der Waals surface area (Å²) in [6, 6.07) is 12.5. The Bertz CT molecular complexity index is 789. The van der Waals surface area contributed by atoms with E-state index in [4.69, 9.17) is 16.3 Å². The molecule has 0 bridgehead atoms. The standard InChI is InChI=1S/C19H17BrClNO/c1-23-16-10-9-15(21)17-11-6-4-7-12(11)18(22-19(16)17)13-5-2-3-8-14(13)20/h2-6,8-12,18,22H,7H2,1H3. The van der Waals surface area contributed by atoms with Crippen LogP contribution >= 0.6 is 27.5 Å². The molecule has 1 aliphatic carbocycles. The first-order valence-corrected chi connectivity index (χ1v) is 8.92. The Balaban J connectivity index is 1.88. The van der Waals surface area contributed by atoms with Crippen LogP contribution in [0.3, 0.4) is 0 Å². The number of anilines is 1. The Morgan fingerprint density at radius 1 is 1.22 bits per heavy atom. The fourth-order valence-corrected chi connectivity index (χ4v) is 4.66. The lowest BCUT2D eigenvalue weighted by molar-refractivity contribution is 0.397. The molecular weight excluding hydrogens is 374 g/mol. The Hall–Kier alpha value is -1.45. The van der Waals surface area contributed by atoms with Gasteiger partial charge in [0.05, 0.1) is 18.8 Å². The van der Waals surface area contributed by atoms with Crippen molar-refractivity contribution in [2.75, 3.05) is 12.4 Å². The quantitative estimate of drug-likeness (QED) is 0.641. The molecule has 0 radical (unpaired) electrons. The summed E-state index contributed by atoms with van der Waals surface area (Å²) in [6.45, 7) is 0. The van der Waals surface area contributed by atoms with E-state index in [0.29, 0.717) is 11.8 Å². The van der Waals surface area contributed by atoms with E-state index >= 15 is 0 Å². The summed E-state index contributed by atoms with van der Waals surface area (Å²) >= 11 is 10.2. The van der Waals surface area contributed by atoms with Gasteiger partial charge in [0.15, 0.2) is 0 Å². The molecule has 23 heavy (non-hydrogen) atoms. The van der Waals surface area contributed by atoms with Gasteiger partial charge in [0.25, 0.3) is 0 Å². The minimum Gasteiger partial charge on any atom is -0.495 e. The smallest absolute Gasteiger partial charge is 0.142 e. The predicted molar refractivity (Wildman–Crippen MR) is 98.5 cm³/mol. The minimum absolute atomic E-state index is 0.227. The van der Waals surface area contributed by atoms with Gasteiger partial charge >= 0.3 is 0 Å². The maximum absolute atomic E-state index is 6.52. The first-order valence-electron chi connectivity index (χ1n) is 7.74. The monoisotopic (exact) mass is 389 g/mol. The Morgan fingerprint density at radius 3 is 2.83 bits per heavy atom. The van der Waals surface area contributed by atoms with Crippen molar-refractivity contribution in [3.05, 3.63) is 69.2 Å². The van der Waals surface area contributed by atoms with Crippen LogP contribution in [-0.4, -0.2) is 7.11 Å². The normalized spacial score (nSPS) is 24.7. The molecule has 0 amide bonds. The van der Waals surface area contributed by atoms with Gasteiger partial charge < -0.3 is 10.1 Å². The maximum Gasteiger partial charge on any atom is 0.142 e. The molecule has 0 saturated carbocycles. The van der Waals surface area contributed by atoms with Crippen LogP contribution in [0.25, 0.3) is 0 Å². The molecule has 0 saturated heterocycles. The number of ether oxygens (including phenoxy) is 1. The molecule has 0 fully saturated rings. The molecule has 4 rings (SSSR count). The summed E-state index contributed by atoms with van der Waals surface area (Å²) in [6.07, 6.45) is 5.61. The third kappa shape index (κ3) is 2.38. The molecule has 1 aliphatic heterocycles. The van der Waals surface area contributed by atoms with Crippen molar-refractivity contribution in [1.29, 1.82) is 0 Å². The zero-order valence-corrected chi connectivity index (χ0v) is 15.1. The maximum atomic E-state index is 6.52. The largest absolute Gasteiger partial charge is 0.495 e. The lowest BCUT2D eigenvalue weighted by Crippen LogP contribution is -2.29. The number of halogens is 2. The zero-order chi connectivity index (χ0) is 16.0. The second kappa shape index (κ2) is 5.88. The highest BCUT2D eigenvalue weighted by atomic mass is 79.9. The average molecular weight is 391 g/mol. The van der Waals surface area contributed by atoms with Crippen molar-refractivity contribution >= 4 is 33.2 Å². The molecule has 1 N–H and O–H groups in total. The number of hydrogen-bond acceptors (Lipinski definition) is 2. The molecule has 4 heteroatoms. The van der Waals surface area contributed by atoms with Gasteiger partial charge in [0, 0.05) is 21.0 Å². The van der Waals surface area contributed by atoms with Crippen molar-refractivity contribution in [1.82, 2.24) is 0 Å². The van der Waals surface area contributed by atoms with Crippen LogP contribution in [0.1, 0.15) is 29.5 Å². The topological polar surface area (TPSA) is 21.3 Å². The number of fused-ring (bicyclic) bond motifs is 3. The SMILES string of the molecule is COc1ccc(Cl)c2c1NC(c1ccccc1Br)C1CC=CC21. The van der Waals surface area contributed by atoms with Crippen LogP contribution in [0, 0.1) is 5.92 Å². The number of benzene rings is 2. The van der Waals surface area contributed by atoms with E-state index in [-0.39, 0.29) is 6.04 Å². The number of hydrogen-bond donors (Lipinski definition) is 1. The van der Waals surface area contributed by atoms with Crippen molar-refractivity contribution in [3.63, 3.8) is 0 Å². The lowest BCUT2D eigenvalue weighted by atomic mass is 9.77. The fourth-order valence-electron chi connectivity index (χ4n) is 3.84. The highest BCUT2D eigenvalue weighted by Gasteiger charge is 2.40. The molecule has 3 unspecified atom stereocenters. The number of allylic oxidation sites excluding steroid dienone is 2. The van der Waals surface area contributed by atoms with E-state index in [1.165, 1.54) is 5.56 Å². The molecule has 0 spiro atoms. The molecule has 118 valence electrons. The number of rotatable bonds is 2. The molecule has 3 atom stereocenters. The van der Waals surface area contributed by atoms with Gasteiger partial charge in [-0.2, -0.15) is 0 Å². The van der Waals surface area contributed by atoms with Gasteiger partial charge in [-0.1, -0.05) is 57.9 Å². The summed E-state index contributed by atoms with van der Waals surface area (Å²) < 4.78 is 6.71. The molecule has 2 nitrogen and oxygen atoms in total. The number of nitrogens with one attached hydrogen (secondary N) is 1. The summed E-state index contributed by atoms with van der Waals surface area (Å²) in [5.41, 5.74) is 3.46. The summed E-state index contributed by atoms with van der Waals surface area (Å²) in [5.74, 6) is 1.64. The van der Waals surface area contributed by atoms with Crippen molar-refractivity contribution in [2.45, 2.75) is 18.4 Å². The average Bonchev–Trinajstić information content (AvgIpc) is 3.04. The van der Waals surface area contributed by atoms with Gasteiger partial charge in [-0.15, -0.1) is 0 Å². The van der Waals surface area contributed by atoms with Crippen LogP contribution in [0.2, 0.25) is 5.02 Å². The first kappa shape index (κ1) is 15.1. The fraction of sp³-hybridized carbons (Fsp3) is 0.263. The van der Waals surface area contributed by atoms with Gasteiger partial charge in [0.1, 0.15) is 5.75 Å². The lowest BCUT2D eigenvalue weighted by Gasteiger charge is -2.39. The van der Waals surface area contributed by atoms with Crippen LogP contribution in [0.4, 0.5) is 5.69 Å². The second-order valence-corrected chi connectivity index (χ2v) is 7.30. The van der Waals surface area contributed by atoms with Crippen molar-refractivity contribution in [2.24, 2.45) is 5.92 Å². The molecule has 2 aromatic carbocycles. The summed E-state index contributed by atoms with van der Waals surface area (Å²) in [5, 5.41) is 4.51. The summed E-state index contributed by atoms with van der Waals surface area (Å²) in [7, 11) is 1.70. The Morgan fingerprint density at radius 2 is 2.04 bits per heavy atom. The van der Waals surface area contributed by atoms with Crippen molar-refractivity contribution in [3.8, 4) is 5.75 Å². The minimum atomic E-state index is 0.227. The highest BCUT2D eigenvalue weighted by Crippen LogP contribution is 2.54. The van der Waals surface area contributed by atoms with Crippen molar-refractivity contribution < 1.29 is 4.74 Å². The van der Waals surface area contributed by atoms with E-state index < -0.39 is 0 Å². The first-order chi connectivity index (χ1) is 11.2. The van der Waals surface area contributed by atoms with E-state index in [2.05, 4.69) is 51.6 Å². The van der Waals surface area contributed by atoms with E-state index in [1.54, 1.807) is 7.11 Å². The van der Waals surface area contributed by atoms with E-state index in [9.17, 15) is 0 Å². The zero-order valence-electron chi connectivity index (χ0n) is 12.7. The third-order valence-electron chi connectivity index (χ3n) is 4.89. The highest BCUT2D eigenvalue weighted by molar-refractivity contribution is 9.10. The van der Waals surface area contributed by atoms with E-state index in [0.717, 1.165) is 32.9 Å². The Labute approximate surface area is 149 Å². The predicted octanol–water partition coefficient (Wildman–Crippen LogP) is 5.94.